The molecule has 0 fully saturated rings. The maximum Gasteiger partial charge on any atom is 0.245 e. The van der Waals surface area contributed by atoms with Crippen LogP contribution in [0.25, 0.3) is 0 Å². The van der Waals surface area contributed by atoms with E-state index in [2.05, 4.69) is 29.5 Å². The van der Waals surface area contributed by atoms with Crippen LogP contribution in [-0.2, 0) is 0 Å². The van der Waals surface area contributed by atoms with E-state index in [4.69, 9.17) is 4.52 Å². The molecule has 0 atom stereocenters. The van der Waals surface area contributed by atoms with Gasteiger partial charge in [0.25, 0.3) is 0 Å². The molecule has 0 aliphatic carbocycles. The molecule has 1 N–H and O–H groups in total. The molecule has 0 aliphatic rings. The number of anilines is 1. The molecule has 0 amide bonds. The molecule has 1 aromatic rings. The fraction of sp³-hybridized carbons (Fsp3) is 0.714. The van der Waals surface area contributed by atoms with E-state index in [1.165, 1.54) is 0 Å². The van der Waals surface area contributed by atoms with Gasteiger partial charge in [-0.2, -0.15) is 0 Å². The summed E-state index contributed by atoms with van der Waals surface area (Å²) < 4.78 is 4.80. The van der Waals surface area contributed by atoms with Crippen LogP contribution in [-0.4, -0.2) is 16.4 Å². The van der Waals surface area contributed by atoms with Crippen molar-refractivity contribution in [3.05, 3.63) is 6.20 Å². The lowest BCUT2D eigenvalue weighted by Crippen LogP contribution is -2.16. The zero-order chi connectivity index (χ0) is 8.10. The van der Waals surface area contributed by atoms with Gasteiger partial charge in [0.2, 0.25) is 5.88 Å². The van der Waals surface area contributed by atoms with E-state index in [0.717, 1.165) is 12.8 Å². The van der Waals surface area contributed by atoms with Crippen LogP contribution in [0.15, 0.2) is 10.7 Å². The average molecular weight is 155 g/mol. The summed E-state index contributed by atoms with van der Waals surface area (Å²) in [4.78, 5) is 0. The summed E-state index contributed by atoms with van der Waals surface area (Å²) in [6.45, 7) is 4.26. The Kier molecular flexibility index (Phi) is 2.89. The molecule has 0 saturated heterocycles. The van der Waals surface area contributed by atoms with Crippen molar-refractivity contribution in [2.45, 2.75) is 32.7 Å². The van der Waals surface area contributed by atoms with E-state index in [0.29, 0.717) is 11.9 Å². The molecule has 0 aromatic carbocycles. The second-order valence-electron chi connectivity index (χ2n) is 2.44. The Labute approximate surface area is 66.0 Å². The fourth-order valence-corrected chi connectivity index (χ4v) is 0.925. The van der Waals surface area contributed by atoms with Crippen LogP contribution in [0, 0.1) is 0 Å². The van der Waals surface area contributed by atoms with Crippen molar-refractivity contribution in [1.82, 2.24) is 10.4 Å². The first kappa shape index (κ1) is 8.04. The SMILES string of the molecule is CCC(CC)Nc1cnno1. The number of rotatable bonds is 4. The van der Waals surface area contributed by atoms with Crippen LogP contribution < -0.4 is 5.32 Å². The largest absolute Gasteiger partial charge is 0.350 e. The molecule has 4 nitrogen and oxygen atoms in total. The first-order valence-corrected chi connectivity index (χ1v) is 3.90. The van der Waals surface area contributed by atoms with Gasteiger partial charge in [-0.05, 0) is 12.8 Å². The quantitative estimate of drug-likeness (QED) is 0.718. The summed E-state index contributed by atoms with van der Waals surface area (Å²) >= 11 is 0. The molecule has 0 spiro atoms. The van der Waals surface area contributed by atoms with E-state index in [1.54, 1.807) is 6.20 Å². The monoisotopic (exact) mass is 155 g/mol. The van der Waals surface area contributed by atoms with Gasteiger partial charge in [0.1, 0.15) is 6.20 Å². The van der Waals surface area contributed by atoms with Crippen LogP contribution in [0.3, 0.4) is 0 Å². The number of nitrogens with one attached hydrogen (secondary N) is 1. The van der Waals surface area contributed by atoms with Crippen LogP contribution >= 0.6 is 0 Å². The molecule has 0 unspecified atom stereocenters. The molecule has 62 valence electrons. The molecule has 0 aliphatic heterocycles. The summed E-state index contributed by atoms with van der Waals surface area (Å²) in [5.74, 6) is 0.652. The molecule has 0 saturated carbocycles. The number of hydrogen-bond acceptors (Lipinski definition) is 4. The highest BCUT2D eigenvalue weighted by atomic mass is 16.5. The molecule has 0 bridgehead atoms. The predicted octanol–water partition coefficient (Wildman–Crippen LogP) is 1.67. The highest BCUT2D eigenvalue weighted by molar-refractivity contribution is 5.26. The molecule has 1 aromatic heterocycles. The highest BCUT2D eigenvalue weighted by Crippen LogP contribution is 2.07. The van der Waals surface area contributed by atoms with Crippen molar-refractivity contribution in [3.8, 4) is 0 Å². The highest BCUT2D eigenvalue weighted by Gasteiger charge is 2.04. The second kappa shape index (κ2) is 3.95. The Bertz CT molecular complexity index is 182. The summed E-state index contributed by atoms with van der Waals surface area (Å²) in [6, 6.07) is 0.463. The van der Waals surface area contributed by atoms with E-state index >= 15 is 0 Å². The van der Waals surface area contributed by atoms with E-state index in [9.17, 15) is 0 Å². The van der Waals surface area contributed by atoms with Crippen molar-refractivity contribution in [1.29, 1.82) is 0 Å². The first-order valence-electron chi connectivity index (χ1n) is 3.90. The van der Waals surface area contributed by atoms with Gasteiger partial charge in [0, 0.05) is 11.3 Å². The molecular formula is C7H13N3O. The van der Waals surface area contributed by atoms with Gasteiger partial charge >= 0.3 is 0 Å². The molecule has 4 heteroatoms. The Morgan fingerprint density at radius 2 is 2.27 bits per heavy atom. The minimum atomic E-state index is 0.463. The van der Waals surface area contributed by atoms with Gasteiger partial charge in [0.05, 0.1) is 0 Å². The maximum absolute atomic E-state index is 4.80. The minimum Gasteiger partial charge on any atom is -0.350 e. The van der Waals surface area contributed by atoms with Gasteiger partial charge in [-0.1, -0.05) is 13.8 Å². The van der Waals surface area contributed by atoms with Crippen molar-refractivity contribution in [2.75, 3.05) is 5.32 Å². The molecule has 0 radical (unpaired) electrons. The average Bonchev–Trinajstić information content (AvgIpc) is 2.52. The zero-order valence-corrected chi connectivity index (χ0v) is 6.87. The zero-order valence-electron chi connectivity index (χ0n) is 6.87. The van der Waals surface area contributed by atoms with Crippen LogP contribution in [0.5, 0.6) is 0 Å². The number of hydrogen-bond donors (Lipinski definition) is 1. The van der Waals surface area contributed by atoms with E-state index < -0.39 is 0 Å². The van der Waals surface area contributed by atoms with Gasteiger partial charge in [0.15, 0.2) is 0 Å². The molecule has 11 heavy (non-hydrogen) atoms. The second-order valence-corrected chi connectivity index (χ2v) is 2.44. The predicted molar refractivity (Wildman–Crippen MR) is 42.3 cm³/mol. The lowest BCUT2D eigenvalue weighted by atomic mass is 10.2. The summed E-state index contributed by atoms with van der Waals surface area (Å²) in [6.07, 6.45) is 3.74. The Hall–Kier alpha value is -1.06. The van der Waals surface area contributed by atoms with Crippen molar-refractivity contribution in [3.63, 3.8) is 0 Å². The molecular weight excluding hydrogens is 142 g/mol. The van der Waals surface area contributed by atoms with Crippen LogP contribution in [0.2, 0.25) is 0 Å². The van der Waals surface area contributed by atoms with Gasteiger partial charge in [-0.3, -0.25) is 0 Å². The van der Waals surface area contributed by atoms with Crippen molar-refractivity contribution < 1.29 is 4.52 Å². The standard InChI is InChI=1S/C7H13N3O/c1-3-6(4-2)9-7-5-8-10-11-7/h5-6,9H,3-4H2,1-2H3. The van der Waals surface area contributed by atoms with Gasteiger partial charge < -0.3 is 9.84 Å². The molecule has 1 heterocycles. The molecule has 1 rings (SSSR count). The summed E-state index contributed by atoms with van der Waals surface area (Å²) in [7, 11) is 0. The van der Waals surface area contributed by atoms with Gasteiger partial charge in [-0.15, -0.1) is 5.10 Å². The van der Waals surface area contributed by atoms with Crippen LogP contribution in [0.4, 0.5) is 5.88 Å². The summed E-state index contributed by atoms with van der Waals surface area (Å²) in [5.41, 5.74) is 0. The van der Waals surface area contributed by atoms with Crippen LogP contribution in [0.1, 0.15) is 26.7 Å². The Morgan fingerprint density at radius 3 is 2.73 bits per heavy atom. The normalized spacial score (nSPS) is 10.5. The summed E-state index contributed by atoms with van der Waals surface area (Å²) in [5, 5.41) is 10.1. The first-order chi connectivity index (χ1) is 5.36. The smallest absolute Gasteiger partial charge is 0.245 e. The Balaban J connectivity index is 2.41. The minimum absolute atomic E-state index is 0.463. The lowest BCUT2D eigenvalue weighted by molar-refractivity contribution is 0.399. The number of nitrogens with zero attached hydrogens (tertiary/aromatic N) is 2. The van der Waals surface area contributed by atoms with Gasteiger partial charge in [-0.25, -0.2) is 0 Å². The third kappa shape index (κ3) is 2.22. The third-order valence-electron chi connectivity index (χ3n) is 1.69. The topological polar surface area (TPSA) is 51.0 Å². The maximum atomic E-state index is 4.80. The van der Waals surface area contributed by atoms with Crippen molar-refractivity contribution in [2.24, 2.45) is 0 Å². The lowest BCUT2D eigenvalue weighted by Gasteiger charge is -2.11. The number of aromatic nitrogens is 2. The Morgan fingerprint density at radius 1 is 1.55 bits per heavy atom. The van der Waals surface area contributed by atoms with E-state index in [1.807, 2.05) is 0 Å². The van der Waals surface area contributed by atoms with Crippen molar-refractivity contribution >= 4 is 5.88 Å². The third-order valence-corrected chi connectivity index (χ3v) is 1.69. The van der Waals surface area contributed by atoms with E-state index in [-0.39, 0.29) is 0 Å². The fourth-order valence-electron chi connectivity index (χ4n) is 0.925.